The van der Waals surface area contributed by atoms with Crippen LogP contribution < -0.4 is 5.73 Å². The van der Waals surface area contributed by atoms with E-state index in [1.807, 2.05) is 0 Å². The summed E-state index contributed by atoms with van der Waals surface area (Å²) in [5, 5.41) is 0.558. The highest BCUT2D eigenvalue weighted by atomic mass is 35.5. The molecule has 0 saturated heterocycles. The second-order valence-corrected chi connectivity index (χ2v) is 3.35. The number of hydrogen-bond acceptors (Lipinski definition) is 1. The van der Waals surface area contributed by atoms with E-state index in [0.29, 0.717) is 5.02 Å². The standard InChI is InChI=1S/C8H7Cl2F2N.ClH/c9-5-2-1-4(3-6(5)10)7(13)8(11)12;/h1-3,7-8H,13H2;1H/t7-;/m1./s1. The SMILES string of the molecule is Cl.N[C@H](c1ccc(Cl)c(Cl)c1)C(F)F. The molecule has 0 fully saturated rings. The Morgan fingerprint density at radius 3 is 2.14 bits per heavy atom. The Bertz CT molecular complexity index is 307. The normalized spacial score (nSPS) is 12.4. The van der Waals surface area contributed by atoms with Crippen LogP contribution in [0, 0.1) is 0 Å². The zero-order chi connectivity index (χ0) is 10.0. The second-order valence-electron chi connectivity index (χ2n) is 2.53. The predicted octanol–water partition coefficient (Wildman–Crippen LogP) is 3.68. The molecule has 1 nitrogen and oxygen atoms in total. The molecule has 0 aromatic heterocycles. The maximum Gasteiger partial charge on any atom is 0.257 e. The molecule has 0 amide bonds. The summed E-state index contributed by atoms with van der Waals surface area (Å²) >= 11 is 11.2. The van der Waals surface area contributed by atoms with Crippen molar-refractivity contribution in [1.82, 2.24) is 0 Å². The topological polar surface area (TPSA) is 26.0 Å². The van der Waals surface area contributed by atoms with Crippen LogP contribution in [-0.4, -0.2) is 6.43 Å². The monoisotopic (exact) mass is 261 g/mol. The summed E-state index contributed by atoms with van der Waals surface area (Å²) in [4.78, 5) is 0. The Morgan fingerprint density at radius 1 is 1.14 bits per heavy atom. The molecular formula is C8H8Cl3F2N. The van der Waals surface area contributed by atoms with Crippen LogP contribution in [0.25, 0.3) is 0 Å². The number of alkyl halides is 2. The summed E-state index contributed by atoms with van der Waals surface area (Å²) in [5.41, 5.74) is 5.49. The van der Waals surface area contributed by atoms with E-state index in [9.17, 15) is 8.78 Å². The van der Waals surface area contributed by atoms with Gasteiger partial charge in [0.05, 0.1) is 16.1 Å². The quantitative estimate of drug-likeness (QED) is 0.864. The first-order valence-electron chi connectivity index (χ1n) is 3.51. The molecule has 2 N–H and O–H groups in total. The average Bonchev–Trinajstić information content (AvgIpc) is 2.08. The Labute approximate surface area is 96.6 Å². The van der Waals surface area contributed by atoms with Crippen LogP contribution in [0.2, 0.25) is 10.0 Å². The van der Waals surface area contributed by atoms with Crippen LogP contribution in [-0.2, 0) is 0 Å². The lowest BCUT2D eigenvalue weighted by atomic mass is 10.1. The minimum absolute atomic E-state index is 0. The van der Waals surface area contributed by atoms with E-state index >= 15 is 0 Å². The Kier molecular flexibility index (Phi) is 5.67. The minimum Gasteiger partial charge on any atom is -0.319 e. The van der Waals surface area contributed by atoms with Gasteiger partial charge in [-0.2, -0.15) is 0 Å². The van der Waals surface area contributed by atoms with E-state index in [-0.39, 0.29) is 23.0 Å². The maximum atomic E-state index is 12.1. The molecule has 0 spiro atoms. The zero-order valence-corrected chi connectivity index (χ0v) is 9.21. The molecule has 1 aromatic carbocycles. The molecule has 0 saturated carbocycles. The van der Waals surface area contributed by atoms with Gasteiger partial charge in [-0.25, -0.2) is 8.78 Å². The van der Waals surface area contributed by atoms with Crippen LogP contribution >= 0.6 is 35.6 Å². The number of benzene rings is 1. The molecule has 0 radical (unpaired) electrons. The molecule has 0 unspecified atom stereocenters. The van der Waals surface area contributed by atoms with Gasteiger partial charge in [0.2, 0.25) is 0 Å². The predicted molar refractivity (Wildman–Crippen MR) is 56.6 cm³/mol. The maximum absolute atomic E-state index is 12.1. The summed E-state index contributed by atoms with van der Waals surface area (Å²) in [6, 6.07) is 2.92. The fourth-order valence-electron chi connectivity index (χ4n) is 0.865. The highest BCUT2D eigenvalue weighted by Gasteiger charge is 2.17. The van der Waals surface area contributed by atoms with Crippen molar-refractivity contribution in [3.8, 4) is 0 Å². The molecule has 6 heteroatoms. The van der Waals surface area contributed by atoms with E-state index in [4.69, 9.17) is 28.9 Å². The lowest BCUT2D eigenvalue weighted by molar-refractivity contribution is 0.116. The van der Waals surface area contributed by atoms with Gasteiger partial charge in [0, 0.05) is 0 Å². The Balaban J connectivity index is 0.00000169. The van der Waals surface area contributed by atoms with Crippen LogP contribution in [0.5, 0.6) is 0 Å². The smallest absolute Gasteiger partial charge is 0.257 e. The van der Waals surface area contributed by atoms with Gasteiger partial charge in [-0.1, -0.05) is 29.3 Å². The number of halogens is 5. The molecule has 0 heterocycles. The van der Waals surface area contributed by atoms with E-state index < -0.39 is 12.5 Å². The van der Waals surface area contributed by atoms with Crippen molar-refractivity contribution in [2.75, 3.05) is 0 Å². The van der Waals surface area contributed by atoms with Gasteiger partial charge in [0.25, 0.3) is 6.43 Å². The van der Waals surface area contributed by atoms with Crippen LogP contribution in [0.3, 0.4) is 0 Å². The molecule has 1 atom stereocenters. The van der Waals surface area contributed by atoms with Crippen LogP contribution in [0.4, 0.5) is 8.78 Å². The molecule has 0 aliphatic carbocycles. The zero-order valence-electron chi connectivity index (χ0n) is 6.88. The average molecular weight is 263 g/mol. The highest BCUT2D eigenvalue weighted by Crippen LogP contribution is 2.26. The molecular weight excluding hydrogens is 254 g/mol. The van der Waals surface area contributed by atoms with Gasteiger partial charge >= 0.3 is 0 Å². The van der Waals surface area contributed by atoms with Gasteiger partial charge in [-0.3, -0.25) is 0 Å². The summed E-state index contributed by atoms with van der Waals surface area (Å²) in [5.74, 6) is 0. The minimum atomic E-state index is -2.60. The van der Waals surface area contributed by atoms with Crippen molar-refractivity contribution < 1.29 is 8.78 Å². The largest absolute Gasteiger partial charge is 0.319 e. The third-order valence-electron chi connectivity index (χ3n) is 1.60. The van der Waals surface area contributed by atoms with E-state index in [1.54, 1.807) is 0 Å². The summed E-state index contributed by atoms with van der Waals surface area (Å²) in [6.45, 7) is 0. The highest BCUT2D eigenvalue weighted by molar-refractivity contribution is 6.42. The van der Waals surface area contributed by atoms with Crippen molar-refractivity contribution in [3.05, 3.63) is 33.8 Å². The second kappa shape index (κ2) is 5.71. The first-order chi connectivity index (χ1) is 6.02. The van der Waals surface area contributed by atoms with Crippen molar-refractivity contribution >= 4 is 35.6 Å². The number of nitrogens with two attached hydrogens (primary N) is 1. The molecule has 14 heavy (non-hydrogen) atoms. The summed E-state index contributed by atoms with van der Waals surface area (Å²) in [7, 11) is 0. The lowest BCUT2D eigenvalue weighted by Gasteiger charge is -2.10. The summed E-state index contributed by atoms with van der Waals surface area (Å²) in [6.07, 6.45) is -2.60. The van der Waals surface area contributed by atoms with E-state index in [0.717, 1.165) is 0 Å². The van der Waals surface area contributed by atoms with Crippen molar-refractivity contribution in [2.24, 2.45) is 5.73 Å². The van der Waals surface area contributed by atoms with Crippen molar-refractivity contribution in [2.45, 2.75) is 12.5 Å². The molecule has 0 aliphatic heterocycles. The fraction of sp³-hybridized carbons (Fsp3) is 0.250. The molecule has 1 aromatic rings. The first kappa shape index (κ1) is 13.9. The fourth-order valence-corrected chi connectivity index (χ4v) is 1.17. The van der Waals surface area contributed by atoms with Crippen LogP contribution in [0.1, 0.15) is 11.6 Å². The van der Waals surface area contributed by atoms with Gasteiger partial charge in [-0.15, -0.1) is 12.4 Å². The van der Waals surface area contributed by atoms with Crippen LogP contribution in [0.15, 0.2) is 18.2 Å². The lowest BCUT2D eigenvalue weighted by Crippen LogP contribution is -2.18. The van der Waals surface area contributed by atoms with Crippen molar-refractivity contribution in [3.63, 3.8) is 0 Å². The van der Waals surface area contributed by atoms with Gasteiger partial charge in [-0.05, 0) is 17.7 Å². The summed E-state index contributed by atoms with van der Waals surface area (Å²) < 4.78 is 24.3. The van der Waals surface area contributed by atoms with E-state index in [2.05, 4.69) is 0 Å². The Morgan fingerprint density at radius 2 is 1.71 bits per heavy atom. The third kappa shape index (κ3) is 3.24. The Hall–Kier alpha value is -0.0900. The first-order valence-corrected chi connectivity index (χ1v) is 4.26. The molecule has 0 bridgehead atoms. The van der Waals surface area contributed by atoms with Crippen molar-refractivity contribution in [1.29, 1.82) is 0 Å². The van der Waals surface area contributed by atoms with Gasteiger partial charge in [0.1, 0.15) is 0 Å². The molecule has 80 valence electrons. The number of rotatable bonds is 2. The van der Waals surface area contributed by atoms with Gasteiger partial charge in [0.15, 0.2) is 0 Å². The molecule has 1 rings (SSSR count). The number of hydrogen-bond donors (Lipinski definition) is 1. The third-order valence-corrected chi connectivity index (χ3v) is 2.34. The van der Waals surface area contributed by atoms with Gasteiger partial charge < -0.3 is 5.73 Å². The van der Waals surface area contributed by atoms with E-state index in [1.165, 1.54) is 18.2 Å². The molecule has 0 aliphatic rings.